The third-order valence-electron chi connectivity index (χ3n) is 0.992. The first-order valence-electron chi connectivity index (χ1n) is 3.01. The van der Waals surface area contributed by atoms with Gasteiger partial charge in [0, 0.05) is 6.54 Å². The molecule has 0 aromatic rings. The molecule has 0 unspecified atom stereocenters. The Balaban J connectivity index is 3.43. The van der Waals surface area contributed by atoms with Crippen molar-refractivity contribution in [3.8, 4) is 0 Å². The van der Waals surface area contributed by atoms with Gasteiger partial charge in [0.05, 0.1) is 6.61 Å². The minimum Gasteiger partial charge on any atom is -0.392 e. The number of guanidine groups is 1. The predicted molar refractivity (Wildman–Crippen MR) is 40.8 cm³/mol. The van der Waals surface area contributed by atoms with E-state index >= 15 is 0 Å². The molecule has 0 atom stereocenters. The second kappa shape index (κ2) is 4.81. The van der Waals surface area contributed by atoms with Gasteiger partial charge in [-0.05, 0) is 6.92 Å². The monoisotopic (exact) mass is 143 g/mol. The molecule has 58 valence electrons. The molecule has 0 bridgehead atoms. The fourth-order valence-electron chi connectivity index (χ4n) is 0.400. The molecule has 0 heterocycles. The van der Waals surface area contributed by atoms with Crippen molar-refractivity contribution < 1.29 is 5.11 Å². The zero-order valence-electron chi connectivity index (χ0n) is 6.02. The van der Waals surface area contributed by atoms with Crippen LogP contribution >= 0.6 is 0 Å². The molecule has 0 aromatic carbocycles. The number of rotatable bonds is 3. The average Bonchev–Trinajstić information content (AvgIpc) is 1.87. The highest BCUT2D eigenvalue weighted by atomic mass is 16.3. The Morgan fingerprint density at radius 2 is 2.40 bits per heavy atom. The average molecular weight is 143 g/mol. The molecule has 0 aromatic heterocycles. The van der Waals surface area contributed by atoms with Crippen LogP contribution in [0.15, 0.2) is 11.6 Å². The zero-order valence-corrected chi connectivity index (χ0v) is 6.02. The first-order valence-corrected chi connectivity index (χ1v) is 3.01. The quantitative estimate of drug-likeness (QED) is 0.242. The Morgan fingerprint density at radius 3 is 2.80 bits per heavy atom. The van der Waals surface area contributed by atoms with Gasteiger partial charge in [-0.25, -0.2) is 0 Å². The highest BCUT2D eigenvalue weighted by Crippen LogP contribution is 1.85. The van der Waals surface area contributed by atoms with Gasteiger partial charge in [0.15, 0.2) is 5.96 Å². The minimum absolute atomic E-state index is 0.0537. The molecule has 0 saturated heterocycles. The fraction of sp³-hybridized carbons (Fsp3) is 0.500. The molecule has 4 nitrogen and oxygen atoms in total. The topological polar surface area (TPSA) is 82.1 Å². The molecule has 0 amide bonds. The lowest BCUT2D eigenvalue weighted by Gasteiger charge is -1.98. The van der Waals surface area contributed by atoms with E-state index in [1.54, 1.807) is 6.08 Å². The number of hydrogen-bond acceptors (Lipinski definition) is 2. The Labute approximate surface area is 60.2 Å². The van der Waals surface area contributed by atoms with Crippen LogP contribution in [0.1, 0.15) is 6.92 Å². The van der Waals surface area contributed by atoms with Crippen molar-refractivity contribution in [2.45, 2.75) is 6.92 Å². The van der Waals surface area contributed by atoms with Crippen molar-refractivity contribution in [3.05, 3.63) is 11.6 Å². The van der Waals surface area contributed by atoms with E-state index in [-0.39, 0.29) is 12.6 Å². The minimum atomic E-state index is -0.0537. The van der Waals surface area contributed by atoms with Gasteiger partial charge in [0.2, 0.25) is 0 Å². The molecule has 10 heavy (non-hydrogen) atoms. The van der Waals surface area contributed by atoms with Crippen molar-refractivity contribution in [2.24, 2.45) is 5.73 Å². The highest BCUT2D eigenvalue weighted by Gasteiger charge is 1.84. The van der Waals surface area contributed by atoms with E-state index in [4.69, 9.17) is 16.2 Å². The molecule has 0 radical (unpaired) electrons. The van der Waals surface area contributed by atoms with Crippen molar-refractivity contribution in [3.63, 3.8) is 0 Å². The summed E-state index contributed by atoms with van der Waals surface area (Å²) in [6.45, 7) is 2.36. The largest absolute Gasteiger partial charge is 0.392 e. The number of hydrogen-bond donors (Lipinski definition) is 4. The van der Waals surface area contributed by atoms with Crippen LogP contribution in [0.4, 0.5) is 0 Å². The molecule has 0 aliphatic rings. The van der Waals surface area contributed by atoms with Gasteiger partial charge in [-0.3, -0.25) is 5.41 Å². The van der Waals surface area contributed by atoms with E-state index in [0.29, 0.717) is 6.54 Å². The SMILES string of the molecule is CC(=CCNC(=N)N)CO. The maximum Gasteiger partial charge on any atom is 0.185 e. The maximum absolute atomic E-state index is 8.52. The van der Waals surface area contributed by atoms with Gasteiger partial charge in [0.1, 0.15) is 0 Å². The second-order valence-electron chi connectivity index (χ2n) is 2.00. The Morgan fingerprint density at radius 1 is 1.80 bits per heavy atom. The smallest absolute Gasteiger partial charge is 0.185 e. The number of aliphatic hydroxyl groups is 1. The lowest BCUT2D eigenvalue weighted by atomic mass is 10.3. The Hall–Kier alpha value is -1.03. The summed E-state index contributed by atoms with van der Waals surface area (Å²) in [6.07, 6.45) is 1.78. The Bertz CT molecular complexity index is 142. The van der Waals surface area contributed by atoms with Crippen LogP contribution in [0.5, 0.6) is 0 Å². The lowest BCUT2D eigenvalue weighted by Crippen LogP contribution is -2.30. The molecule has 0 aliphatic carbocycles. The molecule has 0 spiro atoms. The summed E-state index contributed by atoms with van der Waals surface area (Å²) in [6, 6.07) is 0. The second-order valence-corrected chi connectivity index (χ2v) is 2.00. The lowest BCUT2D eigenvalue weighted by molar-refractivity contribution is 0.331. The van der Waals surface area contributed by atoms with E-state index < -0.39 is 0 Å². The summed E-state index contributed by atoms with van der Waals surface area (Å²) in [5, 5.41) is 17.9. The Kier molecular flexibility index (Phi) is 4.32. The van der Waals surface area contributed by atoms with Gasteiger partial charge < -0.3 is 16.2 Å². The van der Waals surface area contributed by atoms with Crippen molar-refractivity contribution in [1.82, 2.24) is 5.32 Å². The van der Waals surface area contributed by atoms with Crippen LogP contribution < -0.4 is 11.1 Å². The molecular weight excluding hydrogens is 130 g/mol. The summed E-state index contributed by atoms with van der Waals surface area (Å²) in [7, 11) is 0. The summed E-state index contributed by atoms with van der Waals surface area (Å²) in [5.41, 5.74) is 5.87. The van der Waals surface area contributed by atoms with E-state index in [0.717, 1.165) is 5.57 Å². The van der Waals surface area contributed by atoms with Gasteiger partial charge in [0.25, 0.3) is 0 Å². The van der Waals surface area contributed by atoms with E-state index in [9.17, 15) is 0 Å². The first kappa shape index (κ1) is 8.97. The van der Waals surface area contributed by atoms with E-state index in [1.807, 2.05) is 6.92 Å². The predicted octanol–water partition coefficient (Wildman–Crippen LogP) is -0.592. The summed E-state index contributed by atoms with van der Waals surface area (Å²) >= 11 is 0. The maximum atomic E-state index is 8.52. The van der Waals surface area contributed by atoms with Crippen LogP contribution in [-0.2, 0) is 0 Å². The number of aliphatic hydroxyl groups excluding tert-OH is 1. The van der Waals surface area contributed by atoms with E-state index in [1.165, 1.54) is 0 Å². The van der Waals surface area contributed by atoms with Crippen LogP contribution in [0.3, 0.4) is 0 Å². The van der Waals surface area contributed by atoms with Crippen molar-refractivity contribution in [1.29, 1.82) is 5.41 Å². The van der Waals surface area contributed by atoms with Gasteiger partial charge >= 0.3 is 0 Å². The number of nitrogens with two attached hydrogens (primary N) is 1. The molecule has 0 rings (SSSR count). The third kappa shape index (κ3) is 5.11. The first-order chi connectivity index (χ1) is 4.66. The molecular formula is C6H13N3O. The summed E-state index contributed by atoms with van der Waals surface area (Å²) < 4.78 is 0. The van der Waals surface area contributed by atoms with Crippen molar-refractivity contribution in [2.75, 3.05) is 13.2 Å². The van der Waals surface area contributed by atoms with Crippen LogP contribution in [0.25, 0.3) is 0 Å². The number of nitrogens with one attached hydrogen (secondary N) is 2. The molecule has 0 fully saturated rings. The molecule has 4 heteroatoms. The third-order valence-corrected chi connectivity index (χ3v) is 0.992. The van der Waals surface area contributed by atoms with E-state index in [2.05, 4.69) is 5.32 Å². The normalized spacial score (nSPS) is 11.2. The molecule has 0 saturated carbocycles. The summed E-state index contributed by atoms with van der Waals surface area (Å²) in [5.74, 6) is -0.0537. The van der Waals surface area contributed by atoms with Crippen molar-refractivity contribution >= 4 is 5.96 Å². The molecule has 5 N–H and O–H groups in total. The van der Waals surface area contributed by atoms with Gasteiger partial charge in [-0.2, -0.15) is 0 Å². The van der Waals surface area contributed by atoms with Gasteiger partial charge in [-0.15, -0.1) is 0 Å². The molecule has 0 aliphatic heterocycles. The van der Waals surface area contributed by atoms with Gasteiger partial charge in [-0.1, -0.05) is 11.6 Å². The summed E-state index contributed by atoms with van der Waals surface area (Å²) in [4.78, 5) is 0. The zero-order chi connectivity index (χ0) is 7.98. The highest BCUT2D eigenvalue weighted by molar-refractivity contribution is 5.74. The van der Waals surface area contributed by atoms with Crippen LogP contribution in [0, 0.1) is 5.41 Å². The fourth-order valence-corrected chi connectivity index (χ4v) is 0.400. The van der Waals surface area contributed by atoms with Crippen LogP contribution in [0.2, 0.25) is 0 Å². The van der Waals surface area contributed by atoms with Crippen LogP contribution in [-0.4, -0.2) is 24.2 Å². The standard InChI is InChI=1S/C6H13N3O/c1-5(4-10)2-3-9-6(7)8/h2,10H,3-4H2,1H3,(H4,7,8,9).